The Bertz CT molecular complexity index is 632. The van der Waals surface area contributed by atoms with Gasteiger partial charge in [0, 0.05) is 24.5 Å². The molecule has 4 nitrogen and oxygen atoms in total. The fourth-order valence-electron chi connectivity index (χ4n) is 2.41. The third-order valence-corrected chi connectivity index (χ3v) is 5.66. The predicted molar refractivity (Wildman–Crippen MR) is 98.0 cm³/mol. The van der Waals surface area contributed by atoms with E-state index in [0.29, 0.717) is 12.2 Å². The molecule has 1 atom stereocenters. The summed E-state index contributed by atoms with van der Waals surface area (Å²) in [5.74, 6) is -0.0110. The van der Waals surface area contributed by atoms with Crippen molar-refractivity contribution in [3.05, 3.63) is 27.5 Å². The number of carbonyl (C=O) groups excluding carboxylic acids is 1. The number of nitrogens with zero attached hydrogens (tertiary/aromatic N) is 2. The molecule has 3 heterocycles. The highest BCUT2D eigenvalue weighted by Crippen LogP contribution is 2.33. The fourth-order valence-corrected chi connectivity index (χ4v) is 4.32. The number of thiazole rings is 1. The van der Waals surface area contributed by atoms with Gasteiger partial charge >= 0.3 is 0 Å². The van der Waals surface area contributed by atoms with Crippen LogP contribution in [0.4, 0.5) is 0 Å². The quantitative estimate of drug-likeness (QED) is 0.849. The van der Waals surface area contributed by atoms with Crippen LogP contribution in [0.25, 0.3) is 9.88 Å². The van der Waals surface area contributed by atoms with Crippen LogP contribution in [0.1, 0.15) is 23.3 Å². The van der Waals surface area contributed by atoms with Crippen LogP contribution in [0.5, 0.6) is 0 Å². The van der Waals surface area contributed by atoms with Gasteiger partial charge in [0.2, 0.25) is 0 Å². The van der Waals surface area contributed by atoms with Crippen molar-refractivity contribution < 1.29 is 4.79 Å². The van der Waals surface area contributed by atoms with Crippen LogP contribution >= 0.6 is 59.1 Å². The lowest BCUT2D eigenvalue weighted by Gasteiger charge is -2.22. The molecule has 9 heteroatoms. The largest absolute Gasteiger partial charge is 0.333 e. The first-order chi connectivity index (χ1) is 9.69. The molecule has 0 saturated carbocycles. The van der Waals surface area contributed by atoms with Gasteiger partial charge in [0.25, 0.3) is 5.91 Å². The minimum atomic E-state index is -0.0110. The van der Waals surface area contributed by atoms with E-state index < -0.39 is 0 Å². The molecule has 1 aliphatic rings. The SMILES string of the molecule is Cl.Cl.NCC1CCCN1C(=O)c1csc(-c2ccc(Cl)s2)n1. The summed E-state index contributed by atoms with van der Waals surface area (Å²) in [7, 11) is 0. The average molecular weight is 401 g/mol. The Kier molecular flexibility index (Phi) is 7.58. The first kappa shape index (κ1) is 19.7. The first-order valence-corrected chi connectivity index (χ1v) is 8.48. The number of hydrogen-bond donors (Lipinski definition) is 1. The number of aromatic nitrogens is 1. The number of nitrogens with two attached hydrogens (primary N) is 1. The highest BCUT2D eigenvalue weighted by Gasteiger charge is 2.29. The van der Waals surface area contributed by atoms with Crippen molar-refractivity contribution in [3.63, 3.8) is 0 Å². The Morgan fingerprint density at radius 1 is 1.45 bits per heavy atom. The summed E-state index contributed by atoms with van der Waals surface area (Å²) in [6, 6.07) is 3.93. The number of carbonyl (C=O) groups is 1. The Morgan fingerprint density at radius 3 is 2.86 bits per heavy atom. The van der Waals surface area contributed by atoms with Crippen LogP contribution in [0.15, 0.2) is 17.5 Å². The molecule has 1 saturated heterocycles. The second-order valence-electron chi connectivity index (χ2n) is 4.67. The summed E-state index contributed by atoms with van der Waals surface area (Å²) in [6.45, 7) is 1.29. The van der Waals surface area contributed by atoms with Crippen LogP contribution in [-0.4, -0.2) is 34.9 Å². The van der Waals surface area contributed by atoms with Crippen molar-refractivity contribution in [2.24, 2.45) is 5.73 Å². The molecule has 0 aliphatic carbocycles. The zero-order chi connectivity index (χ0) is 14.1. The number of halogens is 3. The number of likely N-dealkylation sites (tertiary alicyclic amines) is 1. The number of thiophene rings is 1. The van der Waals surface area contributed by atoms with Gasteiger partial charge in [-0.15, -0.1) is 47.5 Å². The van der Waals surface area contributed by atoms with Crippen LogP contribution < -0.4 is 5.73 Å². The van der Waals surface area contributed by atoms with Crippen molar-refractivity contribution in [1.82, 2.24) is 9.88 Å². The van der Waals surface area contributed by atoms with E-state index in [4.69, 9.17) is 17.3 Å². The fraction of sp³-hybridized carbons (Fsp3) is 0.385. The Balaban J connectivity index is 0.00000121. The van der Waals surface area contributed by atoms with E-state index >= 15 is 0 Å². The summed E-state index contributed by atoms with van der Waals surface area (Å²) >= 11 is 8.87. The molecule has 1 unspecified atom stereocenters. The Hall–Kier alpha value is -0.370. The highest BCUT2D eigenvalue weighted by atomic mass is 35.5. The second kappa shape index (κ2) is 8.47. The third kappa shape index (κ3) is 3.93. The molecular weight excluding hydrogens is 385 g/mol. The monoisotopic (exact) mass is 399 g/mol. The number of rotatable bonds is 3. The maximum atomic E-state index is 12.5. The Labute approximate surface area is 154 Å². The molecule has 1 amide bonds. The maximum Gasteiger partial charge on any atom is 0.273 e. The van der Waals surface area contributed by atoms with Crippen molar-refractivity contribution in [2.45, 2.75) is 18.9 Å². The van der Waals surface area contributed by atoms with Crippen LogP contribution in [0, 0.1) is 0 Å². The van der Waals surface area contributed by atoms with Gasteiger partial charge in [0.15, 0.2) is 0 Å². The van der Waals surface area contributed by atoms with E-state index in [1.165, 1.54) is 22.7 Å². The van der Waals surface area contributed by atoms with Crippen molar-refractivity contribution in [3.8, 4) is 9.88 Å². The molecular formula is C13H16Cl3N3OS2. The summed E-state index contributed by atoms with van der Waals surface area (Å²) in [6.07, 6.45) is 2.00. The van der Waals surface area contributed by atoms with E-state index in [1.807, 2.05) is 22.4 Å². The number of hydrogen-bond acceptors (Lipinski definition) is 5. The molecule has 2 aromatic rings. The lowest BCUT2D eigenvalue weighted by Crippen LogP contribution is -2.40. The number of amides is 1. The smallest absolute Gasteiger partial charge is 0.273 e. The van der Waals surface area contributed by atoms with Gasteiger partial charge in [-0.2, -0.15) is 0 Å². The maximum absolute atomic E-state index is 12.5. The highest BCUT2D eigenvalue weighted by molar-refractivity contribution is 7.23. The van der Waals surface area contributed by atoms with E-state index in [-0.39, 0.29) is 36.8 Å². The zero-order valence-corrected chi connectivity index (χ0v) is 15.6. The summed E-state index contributed by atoms with van der Waals surface area (Å²) in [5, 5.41) is 2.66. The molecule has 3 rings (SSSR count). The first-order valence-electron chi connectivity index (χ1n) is 6.41. The molecule has 0 aromatic carbocycles. The van der Waals surface area contributed by atoms with Gasteiger partial charge in [-0.1, -0.05) is 11.6 Å². The molecule has 1 aliphatic heterocycles. The molecule has 2 N–H and O–H groups in total. The van der Waals surface area contributed by atoms with E-state index in [2.05, 4.69) is 4.98 Å². The van der Waals surface area contributed by atoms with Gasteiger partial charge in [0.1, 0.15) is 10.7 Å². The van der Waals surface area contributed by atoms with Crippen LogP contribution in [-0.2, 0) is 0 Å². The lowest BCUT2D eigenvalue weighted by atomic mass is 10.2. The average Bonchev–Trinajstić information content (AvgIpc) is 3.17. The van der Waals surface area contributed by atoms with Gasteiger partial charge in [0.05, 0.1) is 9.21 Å². The standard InChI is InChI=1S/C13H14ClN3OS2.2ClH/c14-11-4-3-10(20-11)12-16-9(7-19-12)13(18)17-5-1-2-8(17)6-15;;/h3-4,7-8H,1-2,5-6,15H2;2*1H. The minimum Gasteiger partial charge on any atom is -0.333 e. The Morgan fingerprint density at radius 2 is 2.23 bits per heavy atom. The van der Waals surface area contributed by atoms with Crippen LogP contribution in [0.2, 0.25) is 4.34 Å². The molecule has 0 bridgehead atoms. The van der Waals surface area contributed by atoms with Crippen molar-refractivity contribution >= 4 is 65.0 Å². The van der Waals surface area contributed by atoms with Crippen molar-refractivity contribution in [2.75, 3.05) is 13.1 Å². The molecule has 22 heavy (non-hydrogen) atoms. The molecule has 1 fully saturated rings. The predicted octanol–water partition coefficient (Wildman–Crippen LogP) is 3.93. The van der Waals surface area contributed by atoms with Gasteiger partial charge < -0.3 is 10.6 Å². The molecule has 122 valence electrons. The molecule has 2 aromatic heterocycles. The van der Waals surface area contributed by atoms with E-state index in [0.717, 1.165) is 33.6 Å². The van der Waals surface area contributed by atoms with Crippen LogP contribution in [0.3, 0.4) is 0 Å². The van der Waals surface area contributed by atoms with E-state index in [9.17, 15) is 4.79 Å². The van der Waals surface area contributed by atoms with E-state index in [1.54, 1.807) is 0 Å². The molecule has 0 radical (unpaired) electrons. The second-order valence-corrected chi connectivity index (χ2v) is 7.25. The summed E-state index contributed by atoms with van der Waals surface area (Å²) < 4.78 is 0.728. The topological polar surface area (TPSA) is 59.2 Å². The lowest BCUT2D eigenvalue weighted by molar-refractivity contribution is 0.0736. The van der Waals surface area contributed by atoms with Crippen molar-refractivity contribution in [1.29, 1.82) is 0 Å². The zero-order valence-electron chi connectivity index (χ0n) is 11.5. The third-order valence-electron chi connectivity index (χ3n) is 3.42. The van der Waals surface area contributed by atoms with Gasteiger partial charge in [-0.3, -0.25) is 4.79 Å². The summed E-state index contributed by atoms with van der Waals surface area (Å²) in [4.78, 5) is 19.7. The summed E-state index contributed by atoms with van der Waals surface area (Å²) in [5.41, 5.74) is 6.22. The van der Waals surface area contributed by atoms with Gasteiger partial charge in [-0.25, -0.2) is 4.98 Å². The van der Waals surface area contributed by atoms with Gasteiger partial charge in [-0.05, 0) is 25.0 Å². The molecule has 0 spiro atoms. The minimum absolute atomic E-state index is 0. The normalized spacial score (nSPS) is 17.0.